The lowest BCUT2D eigenvalue weighted by atomic mass is 10.1. The number of nitrogens with one attached hydrogen (secondary N) is 1. The maximum absolute atomic E-state index is 12.3. The Balaban J connectivity index is 1.62. The second-order valence-electron chi connectivity index (χ2n) is 7.31. The maximum Gasteiger partial charge on any atom is 0.251 e. The third-order valence-corrected chi connectivity index (χ3v) is 4.87. The van der Waals surface area contributed by atoms with E-state index >= 15 is 0 Å². The number of hydrogen-bond acceptors (Lipinski definition) is 3. The summed E-state index contributed by atoms with van der Waals surface area (Å²) in [6.45, 7) is 10.5. The fourth-order valence-electron chi connectivity index (χ4n) is 3.07. The summed E-state index contributed by atoms with van der Waals surface area (Å²) in [5.41, 5.74) is 3.23. The normalized spacial score (nSPS) is 11.2. The predicted octanol–water partition coefficient (Wildman–Crippen LogP) is 4.30. The first-order valence-electron chi connectivity index (χ1n) is 10.3. The van der Waals surface area contributed by atoms with Gasteiger partial charge in [-0.2, -0.15) is 0 Å². The van der Waals surface area contributed by atoms with E-state index in [1.807, 2.05) is 42.5 Å². The highest BCUT2D eigenvalue weighted by Crippen LogP contribution is 2.10. The van der Waals surface area contributed by atoms with Gasteiger partial charge in [-0.25, -0.2) is 0 Å². The molecule has 4 heteroatoms. The first kappa shape index (κ1) is 22.1. The van der Waals surface area contributed by atoms with Gasteiger partial charge in [-0.05, 0) is 56.5 Å². The third kappa shape index (κ3) is 7.83. The molecule has 0 bridgehead atoms. The Labute approximate surface area is 169 Å². The average Bonchev–Trinajstić information content (AvgIpc) is 2.72. The molecule has 0 unspecified atom stereocenters. The Hall–Kier alpha value is -2.17. The molecule has 0 spiro atoms. The van der Waals surface area contributed by atoms with Gasteiger partial charge < -0.3 is 10.1 Å². The molecule has 2 aromatic carbocycles. The van der Waals surface area contributed by atoms with Gasteiger partial charge in [0.25, 0.3) is 5.91 Å². The highest BCUT2D eigenvalue weighted by molar-refractivity contribution is 5.94. The molecule has 0 saturated carbocycles. The smallest absolute Gasteiger partial charge is 0.251 e. The molecule has 1 N–H and O–H groups in total. The fourth-order valence-corrected chi connectivity index (χ4v) is 3.07. The molecule has 0 saturated heterocycles. The quantitative estimate of drug-likeness (QED) is 0.557. The molecular weight excluding hydrogens is 348 g/mol. The van der Waals surface area contributed by atoms with Gasteiger partial charge in [0, 0.05) is 31.3 Å². The molecule has 4 nitrogen and oxygen atoms in total. The molecule has 1 amide bonds. The molecule has 0 atom stereocenters. The largest absolute Gasteiger partial charge is 0.381 e. The van der Waals surface area contributed by atoms with Gasteiger partial charge in [0.15, 0.2) is 0 Å². The van der Waals surface area contributed by atoms with E-state index in [4.69, 9.17) is 4.74 Å². The second kappa shape index (κ2) is 12.3. The van der Waals surface area contributed by atoms with E-state index in [1.54, 1.807) is 0 Å². The van der Waals surface area contributed by atoms with E-state index in [9.17, 15) is 4.79 Å². The molecular formula is C24H34N2O2. The zero-order valence-electron chi connectivity index (χ0n) is 17.5. The molecule has 0 aromatic heterocycles. The minimum absolute atomic E-state index is 0.0213. The fraction of sp³-hybridized carbons (Fsp3) is 0.458. The van der Waals surface area contributed by atoms with Crippen LogP contribution in [0.3, 0.4) is 0 Å². The van der Waals surface area contributed by atoms with Crippen molar-refractivity contribution in [2.24, 2.45) is 0 Å². The molecule has 0 aliphatic carbocycles. The highest BCUT2D eigenvalue weighted by atomic mass is 16.5. The number of rotatable bonds is 12. The van der Waals surface area contributed by atoms with Gasteiger partial charge in [0.2, 0.25) is 0 Å². The molecule has 2 aromatic rings. The van der Waals surface area contributed by atoms with Crippen molar-refractivity contribution in [2.45, 2.75) is 46.2 Å². The first-order chi connectivity index (χ1) is 13.6. The molecule has 0 fully saturated rings. The van der Waals surface area contributed by atoms with E-state index in [-0.39, 0.29) is 5.91 Å². The summed E-state index contributed by atoms with van der Waals surface area (Å²) < 4.78 is 5.65. The molecule has 0 radical (unpaired) electrons. The van der Waals surface area contributed by atoms with Crippen LogP contribution in [0.15, 0.2) is 54.6 Å². The number of amides is 1. The van der Waals surface area contributed by atoms with E-state index < -0.39 is 0 Å². The minimum atomic E-state index is -0.0213. The third-order valence-electron chi connectivity index (χ3n) is 4.87. The number of hydrogen-bond donors (Lipinski definition) is 1. The van der Waals surface area contributed by atoms with Crippen molar-refractivity contribution in [1.29, 1.82) is 0 Å². The summed E-state index contributed by atoms with van der Waals surface area (Å²) in [5.74, 6) is -0.0213. The van der Waals surface area contributed by atoms with Crippen LogP contribution in [0.1, 0.15) is 48.7 Å². The summed E-state index contributed by atoms with van der Waals surface area (Å²) in [5, 5.41) is 2.97. The van der Waals surface area contributed by atoms with Gasteiger partial charge in [-0.1, -0.05) is 49.4 Å². The second-order valence-corrected chi connectivity index (χ2v) is 7.31. The van der Waals surface area contributed by atoms with Crippen molar-refractivity contribution >= 4 is 5.91 Å². The molecule has 28 heavy (non-hydrogen) atoms. The van der Waals surface area contributed by atoms with Crippen molar-refractivity contribution in [1.82, 2.24) is 10.2 Å². The van der Waals surface area contributed by atoms with Crippen LogP contribution in [0.4, 0.5) is 0 Å². The topological polar surface area (TPSA) is 41.6 Å². The number of carbonyl (C=O) groups excluding carboxylic acids is 1. The molecule has 0 aliphatic heterocycles. The molecule has 0 aliphatic rings. The number of ether oxygens (including phenoxy) is 1. The summed E-state index contributed by atoms with van der Waals surface area (Å²) in [7, 11) is 0. The lowest BCUT2D eigenvalue weighted by Gasteiger charge is -2.24. The van der Waals surface area contributed by atoms with Crippen LogP contribution < -0.4 is 5.32 Å². The number of nitrogens with zero attached hydrogens (tertiary/aromatic N) is 1. The average molecular weight is 383 g/mol. The van der Waals surface area contributed by atoms with Crippen LogP contribution in [0.25, 0.3) is 0 Å². The number of benzene rings is 2. The molecule has 152 valence electrons. The summed E-state index contributed by atoms with van der Waals surface area (Å²) >= 11 is 0. The van der Waals surface area contributed by atoms with E-state index in [1.165, 1.54) is 11.1 Å². The van der Waals surface area contributed by atoms with Gasteiger partial charge in [0.1, 0.15) is 0 Å². The summed E-state index contributed by atoms with van der Waals surface area (Å²) in [6.07, 6.45) is 1.74. The Kier molecular flexibility index (Phi) is 9.73. The predicted molar refractivity (Wildman–Crippen MR) is 116 cm³/mol. The molecule has 2 rings (SSSR count). The SMILES string of the molecule is CCN(Cc1ccc(C(=O)NCCCOCCc2ccccc2)cc1)C(C)C. The highest BCUT2D eigenvalue weighted by Gasteiger charge is 2.09. The Morgan fingerprint density at radius 3 is 2.36 bits per heavy atom. The monoisotopic (exact) mass is 382 g/mol. The van der Waals surface area contributed by atoms with Gasteiger partial charge in [-0.15, -0.1) is 0 Å². The van der Waals surface area contributed by atoms with E-state index in [2.05, 4.69) is 43.1 Å². The van der Waals surface area contributed by atoms with Crippen LogP contribution in [-0.2, 0) is 17.7 Å². The van der Waals surface area contributed by atoms with Crippen molar-refractivity contribution in [3.8, 4) is 0 Å². The standard InChI is InChI=1S/C24H34N2O2/c1-4-26(20(2)3)19-22-11-13-23(14-12-22)24(27)25-16-8-17-28-18-15-21-9-6-5-7-10-21/h5-7,9-14,20H,4,8,15-19H2,1-3H3,(H,25,27). The van der Waals surface area contributed by atoms with Crippen molar-refractivity contribution < 1.29 is 9.53 Å². The lowest BCUT2D eigenvalue weighted by Crippen LogP contribution is -2.30. The van der Waals surface area contributed by atoms with E-state index in [0.29, 0.717) is 31.4 Å². The van der Waals surface area contributed by atoms with Gasteiger partial charge in [-0.3, -0.25) is 9.69 Å². The Bertz CT molecular complexity index is 684. The van der Waals surface area contributed by atoms with Crippen molar-refractivity contribution in [3.05, 3.63) is 71.3 Å². The van der Waals surface area contributed by atoms with Crippen molar-refractivity contribution in [2.75, 3.05) is 26.3 Å². The zero-order chi connectivity index (χ0) is 20.2. The van der Waals surface area contributed by atoms with Crippen LogP contribution in [0, 0.1) is 0 Å². The van der Waals surface area contributed by atoms with Crippen LogP contribution in [0.5, 0.6) is 0 Å². The van der Waals surface area contributed by atoms with Crippen LogP contribution >= 0.6 is 0 Å². The first-order valence-corrected chi connectivity index (χ1v) is 10.3. The minimum Gasteiger partial charge on any atom is -0.381 e. The van der Waals surface area contributed by atoms with Crippen molar-refractivity contribution in [3.63, 3.8) is 0 Å². The Morgan fingerprint density at radius 1 is 1.00 bits per heavy atom. The lowest BCUT2D eigenvalue weighted by molar-refractivity contribution is 0.0942. The van der Waals surface area contributed by atoms with Crippen LogP contribution in [0.2, 0.25) is 0 Å². The van der Waals surface area contributed by atoms with Crippen LogP contribution in [-0.4, -0.2) is 43.2 Å². The zero-order valence-corrected chi connectivity index (χ0v) is 17.5. The van der Waals surface area contributed by atoms with Gasteiger partial charge in [0.05, 0.1) is 6.61 Å². The number of carbonyl (C=O) groups is 1. The maximum atomic E-state index is 12.3. The van der Waals surface area contributed by atoms with E-state index in [0.717, 1.165) is 25.9 Å². The Morgan fingerprint density at radius 2 is 1.71 bits per heavy atom. The molecule has 0 heterocycles. The summed E-state index contributed by atoms with van der Waals surface area (Å²) in [6, 6.07) is 18.8. The van der Waals surface area contributed by atoms with Gasteiger partial charge >= 0.3 is 0 Å². The summed E-state index contributed by atoms with van der Waals surface area (Å²) in [4.78, 5) is 14.6.